The Kier molecular flexibility index (Phi) is 10.3. The first kappa shape index (κ1) is 20.6. The molecule has 2 unspecified atom stereocenters. The first-order chi connectivity index (χ1) is 11.5. The van der Waals surface area contributed by atoms with Crippen LogP contribution >= 0.6 is 0 Å². The third-order valence-corrected chi connectivity index (χ3v) is 4.69. The van der Waals surface area contributed by atoms with Gasteiger partial charge in [-0.2, -0.15) is 0 Å². The van der Waals surface area contributed by atoms with Gasteiger partial charge in [0.1, 0.15) is 5.78 Å². The number of ketones is 1. The summed E-state index contributed by atoms with van der Waals surface area (Å²) in [6, 6.07) is 0. The zero-order chi connectivity index (χ0) is 17.8. The summed E-state index contributed by atoms with van der Waals surface area (Å²) in [5.41, 5.74) is 0. The van der Waals surface area contributed by atoms with E-state index in [4.69, 9.17) is 5.11 Å². The van der Waals surface area contributed by atoms with Crippen molar-refractivity contribution < 1.29 is 19.8 Å². The Bertz CT molecular complexity index is 439. The highest BCUT2D eigenvalue weighted by Crippen LogP contribution is 2.34. The summed E-state index contributed by atoms with van der Waals surface area (Å²) >= 11 is 0. The summed E-state index contributed by atoms with van der Waals surface area (Å²) in [7, 11) is 0. The molecule has 0 aliphatic heterocycles. The number of hydrogen-bond donors (Lipinski definition) is 2. The van der Waals surface area contributed by atoms with Gasteiger partial charge in [0.2, 0.25) is 0 Å². The van der Waals surface area contributed by atoms with Crippen LogP contribution in [0.1, 0.15) is 71.1 Å². The smallest absolute Gasteiger partial charge is 0.307 e. The minimum atomic E-state index is -0.810. The van der Waals surface area contributed by atoms with Gasteiger partial charge in [0.15, 0.2) is 0 Å². The van der Waals surface area contributed by atoms with E-state index in [0.717, 1.165) is 51.4 Å². The lowest BCUT2D eigenvalue weighted by atomic mass is 9.89. The number of carbonyl (C=O) groups is 2. The van der Waals surface area contributed by atoms with Crippen LogP contribution in [-0.4, -0.2) is 28.1 Å². The molecule has 0 radical (unpaired) electrons. The number of Topliss-reactive ketones (excluding diaryl/α,β-unsaturated/α-hetero) is 1. The van der Waals surface area contributed by atoms with Gasteiger partial charge in [-0.1, -0.05) is 50.5 Å². The average molecular weight is 336 g/mol. The van der Waals surface area contributed by atoms with Crippen LogP contribution in [0.2, 0.25) is 0 Å². The van der Waals surface area contributed by atoms with Crippen molar-refractivity contribution in [2.45, 2.75) is 77.2 Å². The molecule has 2 N–H and O–H groups in total. The quantitative estimate of drug-likeness (QED) is 0.412. The molecule has 0 aromatic heterocycles. The molecule has 0 aromatic carbocycles. The molecule has 1 rings (SSSR count). The fraction of sp³-hybridized carbons (Fsp3) is 0.700. The zero-order valence-corrected chi connectivity index (χ0v) is 14.8. The molecule has 0 spiro atoms. The van der Waals surface area contributed by atoms with E-state index < -0.39 is 12.1 Å². The number of hydrogen-bond acceptors (Lipinski definition) is 3. The zero-order valence-electron chi connectivity index (χ0n) is 14.8. The monoisotopic (exact) mass is 336 g/mol. The van der Waals surface area contributed by atoms with E-state index in [2.05, 4.69) is 6.92 Å². The van der Waals surface area contributed by atoms with Crippen LogP contribution in [0.15, 0.2) is 24.3 Å². The van der Waals surface area contributed by atoms with Gasteiger partial charge in [0.25, 0.3) is 0 Å². The highest BCUT2D eigenvalue weighted by atomic mass is 16.4. The summed E-state index contributed by atoms with van der Waals surface area (Å²) < 4.78 is 0. The molecule has 3 atom stereocenters. The van der Waals surface area contributed by atoms with E-state index in [1.165, 1.54) is 0 Å². The fourth-order valence-electron chi connectivity index (χ4n) is 3.27. The Labute approximate surface area is 145 Å². The van der Waals surface area contributed by atoms with Crippen LogP contribution in [0.3, 0.4) is 0 Å². The molecule has 0 heterocycles. The molecule has 136 valence electrons. The van der Waals surface area contributed by atoms with E-state index >= 15 is 0 Å². The fourth-order valence-corrected chi connectivity index (χ4v) is 3.27. The van der Waals surface area contributed by atoms with Crippen molar-refractivity contribution in [1.82, 2.24) is 0 Å². The number of allylic oxidation sites excluding steroid dienone is 2. The van der Waals surface area contributed by atoms with E-state index in [9.17, 15) is 14.7 Å². The summed E-state index contributed by atoms with van der Waals surface area (Å²) in [5.74, 6) is -0.202. The topological polar surface area (TPSA) is 74.6 Å². The van der Waals surface area contributed by atoms with Crippen LogP contribution in [0.5, 0.6) is 0 Å². The molecule has 1 fully saturated rings. The minimum absolute atomic E-state index is 0.0474. The highest BCUT2D eigenvalue weighted by molar-refractivity contribution is 5.85. The summed E-state index contributed by atoms with van der Waals surface area (Å²) in [6.45, 7) is 2.14. The number of carboxylic acid groups (broad SMARTS) is 1. The third-order valence-electron chi connectivity index (χ3n) is 4.69. The van der Waals surface area contributed by atoms with Crippen molar-refractivity contribution in [1.29, 1.82) is 0 Å². The number of unbranched alkanes of at least 4 members (excludes halogenated alkanes) is 3. The molecule has 0 saturated heterocycles. The van der Waals surface area contributed by atoms with E-state index in [1.807, 2.05) is 18.2 Å². The lowest BCUT2D eigenvalue weighted by Gasteiger charge is -2.15. The Morgan fingerprint density at radius 2 is 2.08 bits per heavy atom. The van der Waals surface area contributed by atoms with Crippen molar-refractivity contribution >= 4 is 11.8 Å². The van der Waals surface area contributed by atoms with Crippen molar-refractivity contribution in [2.24, 2.45) is 11.8 Å². The van der Waals surface area contributed by atoms with Crippen molar-refractivity contribution in [3.63, 3.8) is 0 Å². The SMILES string of the molecule is CCCCC[C@H](O)/C=C/C1C(=O)CCC1CCC/C=C/CC(=O)O. The maximum atomic E-state index is 12.1. The second kappa shape index (κ2) is 12.0. The minimum Gasteiger partial charge on any atom is -0.481 e. The molecule has 0 bridgehead atoms. The summed E-state index contributed by atoms with van der Waals surface area (Å²) in [5, 5.41) is 18.5. The van der Waals surface area contributed by atoms with Gasteiger partial charge in [0, 0.05) is 12.3 Å². The number of aliphatic carboxylic acids is 1. The number of aliphatic hydroxyl groups is 1. The van der Waals surface area contributed by atoms with Crippen LogP contribution in [0, 0.1) is 11.8 Å². The second-order valence-electron chi connectivity index (χ2n) is 6.74. The largest absolute Gasteiger partial charge is 0.481 e. The maximum absolute atomic E-state index is 12.1. The third kappa shape index (κ3) is 8.44. The Morgan fingerprint density at radius 1 is 1.29 bits per heavy atom. The van der Waals surface area contributed by atoms with E-state index in [1.54, 1.807) is 6.08 Å². The molecular weight excluding hydrogens is 304 g/mol. The first-order valence-electron chi connectivity index (χ1n) is 9.30. The van der Waals surface area contributed by atoms with Crippen molar-refractivity contribution in [3.8, 4) is 0 Å². The normalized spacial score (nSPS) is 22.7. The van der Waals surface area contributed by atoms with Gasteiger partial charge in [-0.15, -0.1) is 0 Å². The molecule has 1 aliphatic carbocycles. The Hall–Kier alpha value is -1.42. The predicted molar refractivity (Wildman–Crippen MR) is 95.8 cm³/mol. The van der Waals surface area contributed by atoms with Gasteiger partial charge >= 0.3 is 5.97 Å². The molecule has 1 saturated carbocycles. The lowest BCUT2D eigenvalue weighted by molar-refractivity contribution is -0.136. The number of rotatable bonds is 12. The Morgan fingerprint density at radius 3 is 2.79 bits per heavy atom. The van der Waals surface area contributed by atoms with E-state index in [-0.39, 0.29) is 12.3 Å². The first-order valence-corrected chi connectivity index (χ1v) is 9.30. The molecule has 24 heavy (non-hydrogen) atoms. The standard InChI is InChI=1S/C20H32O4/c1-2-3-6-10-17(21)13-14-18-16(12-15-19(18)22)9-7-4-5-8-11-20(23)24/h5,8,13-14,16-18,21H,2-4,6-7,9-12,15H2,1H3,(H,23,24)/b8-5+,14-13+/t16?,17-,18?/m0/s1. The molecule has 1 aliphatic rings. The molecule has 0 aromatic rings. The summed E-state index contributed by atoms with van der Waals surface area (Å²) in [4.78, 5) is 22.5. The predicted octanol–water partition coefficient (Wildman–Crippen LogP) is 4.28. The number of aliphatic hydroxyl groups excluding tert-OH is 1. The lowest BCUT2D eigenvalue weighted by Crippen LogP contribution is -2.13. The second-order valence-corrected chi connectivity index (χ2v) is 6.74. The Balaban J connectivity index is 2.34. The van der Waals surface area contributed by atoms with Gasteiger partial charge in [0.05, 0.1) is 12.5 Å². The van der Waals surface area contributed by atoms with Crippen molar-refractivity contribution in [2.75, 3.05) is 0 Å². The molecule has 4 heteroatoms. The molecule has 4 nitrogen and oxygen atoms in total. The van der Waals surface area contributed by atoms with E-state index in [0.29, 0.717) is 18.1 Å². The average Bonchev–Trinajstić information content (AvgIpc) is 2.89. The van der Waals surface area contributed by atoms with Crippen LogP contribution in [0.4, 0.5) is 0 Å². The summed E-state index contributed by atoms with van der Waals surface area (Å²) in [6.07, 6.45) is 15.4. The highest BCUT2D eigenvalue weighted by Gasteiger charge is 2.31. The van der Waals surface area contributed by atoms with Crippen LogP contribution < -0.4 is 0 Å². The van der Waals surface area contributed by atoms with Crippen LogP contribution in [-0.2, 0) is 9.59 Å². The van der Waals surface area contributed by atoms with Crippen LogP contribution in [0.25, 0.3) is 0 Å². The number of carboxylic acids is 1. The van der Waals surface area contributed by atoms with Gasteiger partial charge in [-0.3, -0.25) is 9.59 Å². The van der Waals surface area contributed by atoms with Crippen molar-refractivity contribution in [3.05, 3.63) is 24.3 Å². The maximum Gasteiger partial charge on any atom is 0.307 e. The van der Waals surface area contributed by atoms with Gasteiger partial charge < -0.3 is 10.2 Å². The number of carbonyl (C=O) groups excluding carboxylic acids is 1. The molecular formula is C20H32O4. The van der Waals surface area contributed by atoms with Gasteiger partial charge in [-0.05, 0) is 38.0 Å². The van der Waals surface area contributed by atoms with Gasteiger partial charge in [-0.25, -0.2) is 0 Å². The molecule has 0 amide bonds.